The van der Waals surface area contributed by atoms with E-state index in [0.29, 0.717) is 11.3 Å². The molecule has 2 N–H and O–H groups in total. The molecule has 16 heavy (non-hydrogen) atoms. The van der Waals surface area contributed by atoms with Crippen molar-refractivity contribution in [1.29, 1.82) is 0 Å². The van der Waals surface area contributed by atoms with Crippen molar-refractivity contribution in [1.82, 2.24) is 9.97 Å². The summed E-state index contributed by atoms with van der Waals surface area (Å²) in [4.78, 5) is 7.71. The summed E-state index contributed by atoms with van der Waals surface area (Å²) in [5, 5.41) is 0.232. The number of aromatic nitrogens is 2. The Morgan fingerprint density at radius 1 is 1.19 bits per heavy atom. The third-order valence-electron chi connectivity index (χ3n) is 2.01. The molecule has 0 aliphatic heterocycles. The van der Waals surface area contributed by atoms with Crippen LogP contribution in [0.4, 0.5) is 10.2 Å². The molecule has 0 fully saturated rings. The van der Waals surface area contributed by atoms with Gasteiger partial charge in [-0.05, 0) is 18.2 Å². The van der Waals surface area contributed by atoms with Crippen LogP contribution in [-0.2, 0) is 0 Å². The summed E-state index contributed by atoms with van der Waals surface area (Å²) in [7, 11) is 0. The van der Waals surface area contributed by atoms with E-state index in [4.69, 9.17) is 28.9 Å². The van der Waals surface area contributed by atoms with Crippen LogP contribution in [0.1, 0.15) is 0 Å². The van der Waals surface area contributed by atoms with Gasteiger partial charge in [-0.1, -0.05) is 23.2 Å². The molecule has 1 heterocycles. The molecule has 0 spiro atoms. The first-order chi connectivity index (χ1) is 7.59. The second-order valence-electron chi connectivity index (χ2n) is 3.05. The smallest absolute Gasteiger partial charge is 0.146 e. The van der Waals surface area contributed by atoms with Crippen molar-refractivity contribution in [2.24, 2.45) is 0 Å². The van der Waals surface area contributed by atoms with Gasteiger partial charge in [0.15, 0.2) is 0 Å². The molecule has 1 aromatic carbocycles. The van der Waals surface area contributed by atoms with Crippen LogP contribution >= 0.6 is 23.2 Å². The summed E-state index contributed by atoms with van der Waals surface area (Å²) in [6, 6.07) is 4.20. The van der Waals surface area contributed by atoms with Crippen molar-refractivity contribution in [2.45, 2.75) is 0 Å². The summed E-state index contributed by atoms with van der Waals surface area (Å²) in [6.07, 6.45) is 1.29. The second kappa shape index (κ2) is 4.23. The van der Waals surface area contributed by atoms with Crippen molar-refractivity contribution in [3.63, 3.8) is 0 Å². The highest BCUT2D eigenvalue weighted by atomic mass is 35.5. The molecule has 0 radical (unpaired) electrons. The van der Waals surface area contributed by atoms with E-state index in [1.807, 2.05) is 0 Å². The number of hydrogen-bond acceptors (Lipinski definition) is 3. The van der Waals surface area contributed by atoms with Gasteiger partial charge in [0, 0.05) is 5.56 Å². The maximum atomic E-state index is 13.0. The van der Waals surface area contributed by atoms with Crippen LogP contribution in [0.25, 0.3) is 11.3 Å². The maximum Gasteiger partial charge on any atom is 0.146 e. The average molecular weight is 258 g/mol. The highest BCUT2D eigenvalue weighted by Crippen LogP contribution is 2.30. The minimum atomic E-state index is -0.497. The fourth-order valence-corrected chi connectivity index (χ4v) is 1.62. The Hall–Kier alpha value is -1.39. The molecule has 2 rings (SSSR count). The standard InChI is InChI=1S/C10H6Cl2FN3/c11-6-3-5(1-2-7(6)13)9-8(12)10(14)16-4-15-9/h1-4H,(H2,14,15,16). The van der Waals surface area contributed by atoms with Gasteiger partial charge in [0.1, 0.15) is 23.0 Å². The Labute approximate surface area is 101 Å². The van der Waals surface area contributed by atoms with Crippen molar-refractivity contribution >= 4 is 29.0 Å². The number of nitrogen functional groups attached to an aromatic ring is 1. The van der Waals surface area contributed by atoms with Gasteiger partial charge in [-0.15, -0.1) is 0 Å². The van der Waals surface area contributed by atoms with Crippen molar-refractivity contribution in [3.05, 3.63) is 40.4 Å². The molecule has 0 saturated heterocycles. The summed E-state index contributed by atoms with van der Waals surface area (Å²) in [6.45, 7) is 0. The zero-order valence-corrected chi connectivity index (χ0v) is 9.43. The minimum Gasteiger partial charge on any atom is -0.382 e. The number of nitrogens with two attached hydrogens (primary N) is 1. The average Bonchev–Trinajstić information content (AvgIpc) is 2.26. The Morgan fingerprint density at radius 2 is 1.94 bits per heavy atom. The number of rotatable bonds is 1. The second-order valence-corrected chi connectivity index (χ2v) is 3.84. The molecule has 0 aliphatic rings. The van der Waals surface area contributed by atoms with Crippen LogP contribution in [0.15, 0.2) is 24.5 Å². The fraction of sp³-hybridized carbons (Fsp3) is 0. The van der Waals surface area contributed by atoms with Crippen LogP contribution in [0.5, 0.6) is 0 Å². The van der Waals surface area contributed by atoms with E-state index < -0.39 is 5.82 Å². The first kappa shape index (κ1) is 11.1. The largest absolute Gasteiger partial charge is 0.382 e. The third-order valence-corrected chi connectivity index (χ3v) is 2.67. The topological polar surface area (TPSA) is 51.8 Å². The Kier molecular flexibility index (Phi) is 2.94. The molecule has 82 valence electrons. The molecule has 0 amide bonds. The van der Waals surface area contributed by atoms with Gasteiger partial charge in [-0.2, -0.15) is 0 Å². The van der Waals surface area contributed by atoms with Gasteiger partial charge in [0.05, 0.1) is 10.7 Å². The van der Waals surface area contributed by atoms with Crippen LogP contribution in [-0.4, -0.2) is 9.97 Å². The molecule has 3 nitrogen and oxygen atoms in total. The molecule has 0 aliphatic carbocycles. The van der Waals surface area contributed by atoms with E-state index in [0.717, 1.165) is 0 Å². The molecular formula is C10H6Cl2FN3. The Balaban J connectivity index is 2.59. The van der Waals surface area contributed by atoms with Gasteiger partial charge >= 0.3 is 0 Å². The lowest BCUT2D eigenvalue weighted by Crippen LogP contribution is -1.95. The summed E-state index contributed by atoms with van der Waals surface area (Å²) >= 11 is 11.6. The van der Waals surface area contributed by atoms with E-state index >= 15 is 0 Å². The van der Waals surface area contributed by atoms with Crippen molar-refractivity contribution < 1.29 is 4.39 Å². The molecule has 0 atom stereocenters. The predicted octanol–water partition coefficient (Wildman–Crippen LogP) is 3.17. The summed E-state index contributed by atoms with van der Waals surface area (Å²) < 4.78 is 13.0. The van der Waals surface area contributed by atoms with Gasteiger partial charge in [-0.3, -0.25) is 0 Å². The lowest BCUT2D eigenvalue weighted by molar-refractivity contribution is 0.628. The lowest BCUT2D eigenvalue weighted by atomic mass is 10.1. The van der Waals surface area contributed by atoms with Crippen molar-refractivity contribution in [2.75, 3.05) is 5.73 Å². The minimum absolute atomic E-state index is 0.00532. The first-order valence-corrected chi connectivity index (χ1v) is 5.06. The predicted molar refractivity (Wildman–Crippen MR) is 61.9 cm³/mol. The zero-order chi connectivity index (χ0) is 11.7. The van der Waals surface area contributed by atoms with Gasteiger partial charge < -0.3 is 5.73 Å². The highest BCUT2D eigenvalue weighted by molar-refractivity contribution is 6.35. The normalized spacial score (nSPS) is 10.4. The van der Waals surface area contributed by atoms with Crippen molar-refractivity contribution in [3.8, 4) is 11.3 Å². The van der Waals surface area contributed by atoms with Crippen LogP contribution in [0.3, 0.4) is 0 Å². The number of hydrogen-bond donors (Lipinski definition) is 1. The lowest BCUT2D eigenvalue weighted by Gasteiger charge is -2.05. The van der Waals surface area contributed by atoms with Gasteiger partial charge in [0.2, 0.25) is 0 Å². The van der Waals surface area contributed by atoms with Crippen LogP contribution < -0.4 is 5.73 Å². The molecule has 0 saturated carbocycles. The van der Waals surface area contributed by atoms with E-state index in [1.165, 1.54) is 24.5 Å². The zero-order valence-electron chi connectivity index (χ0n) is 7.92. The summed E-state index contributed by atoms with van der Waals surface area (Å²) in [5.74, 6) is -0.323. The molecule has 0 bridgehead atoms. The molecular weight excluding hydrogens is 252 g/mol. The quantitative estimate of drug-likeness (QED) is 0.854. The van der Waals surface area contributed by atoms with Crippen LogP contribution in [0, 0.1) is 5.82 Å². The first-order valence-electron chi connectivity index (χ1n) is 4.31. The van der Waals surface area contributed by atoms with Crippen LogP contribution in [0.2, 0.25) is 10.0 Å². The van der Waals surface area contributed by atoms with E-state index in [-0.39, 0.29) is 15.9 Å². The maximum absolute atomic E-state index is 13.0. The number of anilines is 1. The third kappa shape index (κ3) is 1.94. The number of nitrogens with zero attached hydrogens (tertiary/aromatic N) is 2. The number of halogens is 3. The number of benzene rings is 1. The Morgan fingerprint density at radius 3 is 2.62 bits per heavy atom. The summed E-state index contributed by atoms with van der Waals surface area (Å²) in [5.41, 5.74) is 6.55. The van der Waals surface area contributed by atoms with Gasteiger partial charge in [-0.25, -0.2) is 14.4 Å². The fourth-order valence-electron chi connectivity index (χ4n) is 1.23. The van der Waals surface area contributed by atoms with E-state index in [9.17, 15) is 4.39 Å². The SMILES string of the molecule is Nc1ncnc(-c2ccc(F)c(Cl)c2)c1Cl. The highest BCUT2D eigenvalue weighted by Gasteiger charge is 2.10. The van der Waals surface area contributed by atoms with E-state index in [1.54, 1.807) is 0 Å². The molecule has 2 aromatic rings. The van der Waals surface area contributed by atoms with Gasteiger partial charge in [0.25, 0.3) is 0 Å². The molecule has 1 aromatic heterocycles. The molecule has 0 unspecified atom stereocenters. The monoisotopic (exact) mass is 257 g/mol. The Bertz CT molecular complexity index is 546. The van der Waals surface area contributed by atoms with E-state index in [2.05, 4.69) is 9.97 Å². The molecule has 6 heteroatoms.